The first-order chi connectivity index (χ1) is 7.96. The molecule has 0 aliphatic heterocycles. The Labute approximate surface area is 103 Å². The Kier molecular flexibility index (Phi) is 3.52. The van der Waals surface area contributed by atoms with Crippen LogP contribution in [0.1, 0.15) is 58.2 Å². The van der Waals surface area contributed by atoms with Gasteiger partial charge < -0.3 is 9.73 Å². The molecule has 0 saturated heterocycles. The van der Waals surface area contributed by atoms with Crippen LogP contribution in [0, 0.1) is 5.92 Å². The van der Waals surface area contributed by atoms with Crippen molar-refractivity contribution in [2.45, 2.75) is 58.4 Å². The van der Waals surface area contributed by atoms with Gasteiger partial charge in [0.1, 0.15) is 0 Å². The second kappa shape index (κ2) is 4.77. The van der Waals surface area contributed by atoms with Gasteiger partial charge in [0.25, 0.3) is 0 Å². The van der Waals surface area contributed by atoms with Crippen LogP contribution in [-0.4, -0.2) is 22.3 Å². The van der Waals surface area contributed by atoms with E-state index in [0.29, 0.717) is 5.92 Å². The van der Waals surface area contributed by atoms with Crippen LogP contribution in [0.3, 0.4) is 0 Å². The molecule has 0 bridgehead atoms. The Morgan fingerprint density at radius 1 is 1.35 bits per heavy atom. The topological polar surface area (TPSA) is 51.0 Å². The van der Waals surface area contributed by atoms with Gasteiger partial charge in [-0.2, -0.15) is 0 Å². The summed E-state index contributed by atoms with van der Waals surface area (Å²) < 4.78 is 5.66. The fourth-order valence-corrected chi connectivity index (χ4v) is 1.89. The van der Waals surface area contributed by atoms with Crippen molar-refractivity contribution >= 4 is 0 Å². The molecule has 96 valence electrons. The largest absolute Gasteiger partial charge is 0.425 e. The van der Waals surface area contributed by atoms with Crippen LogP contribution in [0.2, 0.25) is 0 Å². The lowest BCUT2D eigenvalue weighted by Crippen LogP contribution is -2.36. The first kappa shape index (κ1) is 12.6. The molecule has 0 spiro atoms. The summed E-state index contributed by atoms with van der Waals surface area (Å²) in [5.41, 5.74) is 0.184. The molecule has 1 fully saturated rings. The van der Waals surface area contributed by atoms with E-state index in [9.17, 15) is 0 Å². The van der Waals surface area contributed by atoms with Gasteiger partial charge in [-0.15, -0.1) is 10.2 Å². The van der Waals surface area contributed by atoms with Crippen molar-refractivity contribution in [3.8, 4) is 0 Å². The van der Waals surface area contributed by atoms with E-state index in [-0.39, 0.29) is 5.54 Å². The molecule has 2 atom stereocenters. The molecule has 1 aliphatic rings. The van der Waals surface area contributed by atoms with Crippen molar-refractivity contribution < 1.29 is 4.42 Å². The summed E-state index contributed by atoms with van der Waals surface area (Å²) in [6.07, 6.45) is 3.11. The van der Waals surface area contributed by atoms with Crippen LogP contribution in [0.15, 0.2) is 4.42 Å². The van der Waals surface area contributed by atoms with Crippen molar-refractivity contribution in [3.05, 3.63) is 11.8 Å². The summed E-state index contributed by atoms with van der Waals surface area (Å²) >= 11 is 0. The highest BCUT2D eigenvalue weighted by molar-refractivity contribution is 5.04. The Balaban J connectivity index is 1.71. The Bertz CT molecular complexity index is 367. The first-order valence-electron chi connectivity index (χ1n) is 6.53. The maximum Gasteiger partial charge on any atom is 0.219 e. The van der Waals surface area contributed by atoms with Crippen LogP contribution in [-0.2, 0) is 6.42 Å². The third-order valence-electron chi connectivity index (χ3n) is 3.13. The standard InChI is InChI=1S/C13H23N3O/c1-9-8-10(9)12-16-15-11(17-12)6-5-7-14-13(2,3)4/h9-10,14H,5-8H2,1-4H3. The van der Waals surface area contributed by atoms with E-state index in [1.807, 2.05) is 0 Å². The number of aromatic nitrogens is 2. The minimum Gasteiger partial charge on any atom is -0.425 e. The van der Waals surface area contributed by atoms with Crippen molar-refractivity contribution in [2.75, 3.05) is 6.54 Å². The summed E-state index contributed by atoms with van der Waals surface area (Å²) in [5, 5.41) is 11.7. The van der Waals surface area contributed by atoms with Crippen molar-refractivity contribution in [1.29, 1.82) is 0 Å². The van der Waals surface area contributed by atoms with E-state index in [2.05, 4.69) is 43.2 Å². The molecule has 2 rings (SSSR count). The lowest BCUT2D eigenvalue weighted by atomic mass is 10.1. The molecular weight excluding hydrogens is 214 g/mol. The number of aryl methyl sites for hydroxylation is 1. The predicted octanol–water partition coefficient (Wildman–Crippen LogP) is 2.51. The molecule has 17 heavy (non-hydrogen) atoms. The second-order valence-electron chi connectivity index (χ2n) is 6.13. The Morgan fingerprint density at radius 3 is 2.65 bits per heavy atom. The quantitative estimate of drug-likeness (QED) is 0.799. The molecule has 1 aromatic rings. The molecule has 0 radical (unpaired) electrons. The third-order valence-corrected chi connectivity index (χ3v) is 3.13. The van der Waals surface area contributed by atoms with Gasteiger partial charge in [-0.3, -0.25) is 0 Å². The molecule has 4 nitrogen and oxygen atoms in total. The van der Waals surface area contributed by atoms with Crippen molar-refractivity contribution in [1.82, 2.24) is 15.5 Å². The van der Waals surface area contributed by atoms with E-state index in [0.717, 1.165) is 37.1 Å². The van der Waals surface area contributed by atoms with Gasteiger partial charge in [0.05, 0.1) is 0 Å². The van der Waals surface area contributed by atoms with Crippen molar-refractivity contribution in [3.63, 3.8) is 0 Å². The fraction of sp³-hybridized carbons (Fsp3) is 0.846. The Hall–Kier alpha value is -0.900. The monoisotopic (exact) mass is 237 g/mol. The van der Waals surface area contributed by atoms with E-state index in [4.69, 9.17) is 4.42 Å². The van der Waals surface area contributed by atoms with E-state index >= 15 is 0 Å². The highest BCUT2D eigenvalue weighted by Gasteiger charge is 2.38. The molecule has 1 heterocycles. The van der Waals surface area contributed by atoms with Gasteiger partial charge in [-0.05, 0) is 46.1 Å². The van der Waals surface area contributed by atoms with Crippen LogP contribution in [0.5, 0.6) is 0 Å². The molecular formula is C13H23N3O. The van der Waals surface area contributed by atoms with Crippen LogP contribution >= 0.6 is 0 Å². The number of hydrogen-bond acceptors (Lipinski definition) is 4. The van der Waals surface area contributed by atoms with E-state index in [1.54, 1.807) is 0 Å². The lowest BCUT2D eigenvalue weighted by molar-refractivity contribution is 0.404. The number of rotatable bonds is 5. The molecule has 1 N–H and O–H groups in total. The second-order valence-corrected chi connectivity index (χ2v) is 6.13. The zero-order valence-electron chi connectivity index (χ0n) is 11.3. The maximum atomic E-state index is 5.66. The molecule has 2 unspecified atom stereocenters. The first-order valence-corrected chi connectivity index (χ1v) is 6.53. The van der Waals surface area contributed by atoms with E-state index < -0.39 is 0 Å². The molecule has 0 aromatic carbocycles. The van der Waals surface area contributed by atoms with Crippen LogP contribution < -0.4 is 5.32 Å². The molecule has 1 aromatic heterocycles. The average Bonchev–Trinajstić information content (AvgIpc) is 2.77. The Morgan fingerprint density at radius 2 is 2.06 bits per heavy atom. The SMILES string of the molecule is CC1CC1c1nnc(CCCNC(C)(C)C)o1. The van der Waals surface area contributed by atoms with Gasteiger partial charge >= 0.3 is 0 Å². The molecule has 0 amide bonds. The number of nitrogens with zero attached hydrogens (tertiary/aromatic N) is 2. The zero-order chi connectivity index (χ0) is 12.5. The highest BCUT2D eigenvalue weighted by atomic mass is 16.4. The van der Waals surface area contributed by atoms with Gasteiger partial charge in [0.15, 0.2) is 0 Å². The maximum absolute atomic E-state index is 5.66. The molecule has 1 aliphatic carbocycles. The third kappa shape index (κ3) is 3.80. The van der Waals surface area contributed by atoms with Crippen LogP contribution in [0.4, 0.5) is 0 Å². The zero-order valence-corrected chi connectivity index (χ0v) is 11.3. The molecule has 4 heteroatoms. The van der Waals surface area contributed by atoms with Gasteiger partial charge in [-0.1, -0.05) is 6.92 Å². The molecule has 1 saturated carbocycles. The minimum atomic E-state index is 0.184. The fourth-order valence-electron chi connectivity index (χ4n) is 1.89. The summed E-state index contributed by atoms with van der Waals surface area (Å²) in [5.74, 6) is 2.89. The normalized spacial score (nSPS) is 24.0. The van der Waals surface area contributed by atoms with Gasteiger partial charge in [-0.25, -0.2) is 0 Å². The van der Waals surface area contributed by atoms with Crippen LogP contribution in [0.25, 0.3) is 0 Å². The summed E-state index contributed by atoms with van der Waals surface area (Å²) in [7, 11) is 0. The number of nitrogens with one attached hydrogen (secondary N) is 1. The highest BCUT2D eigenvalue weighted by Crippen LogP contribution is 2.46. The van der Waals surface area contributed by atoms with Gasteiger partial charge in [0, 0.05) is 17.9 Å². The van der Waals surface area contributed by atoms with Crippen molar-refractivity contribution in [2.24, 2.45) is 5.92 Å². The van der Waals surface area contributed by atoms with Gasteiger partial charge in [0.2, 0.25) is 11.8 Å². The summed E-state index contributed by atoms with van der Waals surface area (Å²) in [6.45, 7) is 9.73. The average molecular weight is 237 g/mol. The van der Waals surface area contributed by atoms with E-state index in [1.165, 1.54) is 6.42 Å². The smallest absolute Gasteiger partial charge is 0.219 e. The number of hydrogen-bond donors (Lipinski definition) is 1. The summed E-state index contributed by atoms with van der Waals surface area (Å²) in [4.78, 5) is 0. The summed E-state index contributed by atoms with van der Waals surface area (Å²) in [6, 6.07) is 0. The predicted molar refractivity (Wildman–Crippen MR) is 66.9 cm³/mol. The minimum absolute atomic E-state index is 0.184. The lowest BCUT2D eigenvalue weighted by Gasteiger charge is -2.19.